The van der Waals surface area contributed by atoms with E-state index in [9.17, 15) is 22.2 Å². The molecular weight excluding hydrogens is 492 g/mol. The average Bonchev–Trinajstić information content (AvgIpc) is 3.47. The van der Waals surface area contributed by atoms with Crippen molar-refractivity contribution in [1.82, 2.24) is 9.97 Å². The molecule has 4 unspecified atom stereocenters. The highest BCUT2D eigenvalue weighted by Crippen LogP contribution is 2.53. The van der Waals surface area contributed by atoms with Crippen molar-refractivity contribution in [2.24, 2.45) is 11.3 Å². The molecule has 3 aromatic rings. The molecule has 1 aromatic carbocycles. The Kier molecular flexibility index (Phi) is 6.90. The zero-order chi connectivity index (χ0) is 26.4. The molecule has 0 amide bonds. The van der Waals surface area contributed by atoms with Gasteiger partial charge in [-0.25, -0.2) is 4.39 Å². The first-order chi connectivity index (χ1) is 16.9. The van der Waals surface area contributed by atoms with E-state index in [1.165, 1.54) is 12.3 Å². The number of hydrogen-bond acceptors (Lipinski definition) is 4. The summed E-state index contributed by atoms with van der Waals surface area (Å²) in [6, 6.07) is 8.00. The van der Waals surface area contributed by atoms with Gasteiger partial charge in [0.2, 0.25) is 0 Å². The molecule has 0 spiro atoms. The van der Waals surface area contributed by atoms with Crippen LogP contribution in [-0.4, -0.2) is 20.0 Å². The Morgan fingerprint density at radius 3 is 2.36 bits per heavy atom. The van der Waals surface area contributed by atoms with Crippen LogP contribution in [0, 0.1) is 24.1 Å². The highest BCUT2D eigenvalue weighted by molar-refractivity contribution is 7.85. The van der Waals surface area contributed by atoms with Gasteiger partial charge in [-0.3, -0.25) is 19.0 Å². The summed E-state index contributed by atoms with van der Waals surface area (Å²) in [4.78, 5) is 20.8. The van der Waals surface area contributed by atoms with E-state index in [4.69, 9.17) is 0 Å². The zero-order valence-electron chi connectivity index (χ0n) is 20.3. The summed E-state index contributed by atoms with van der Waals surface area (Å²) in [5.41, 5.74) is 0.674. The van der Waals surface area contributed by atoms with Crippen molar-refractivity contribution >= 4 is 16.6 Å². The van der Waals surface area contributed by atoms with Gasteiger partial charge in [-0.1, -0.05) is 32.9 Å². The molecule has 2 heterocycles. The summed E-state index contributed by atoms with van der Waals surface area (Å²) in [5.74, 6) is -0.414. The number of benzene rings is 1. The fourth-order valence-corrected chi connectivity index (χ4v) is 5.89. The Labute approximate surface area is 209 Å². The number of carbonyl (C=O) groups is 1. The van der Waals surface area contributed by atoms with Gasteiger partial charge < -0.3 is 0 Å². The van der Waals surface area contributed by atoms with Crippen molar-refractivity contribution in [2.75, 3.05) is 0 Å². The van der Waals surface area contributed by atoms with Gasteiger partial charge >= 0.3 is 6.18 Å². The largest absolute Gasteiger partial charge is 0.433 e. The number of nitrogens with zero attached hydrogens (tertiary/aromatic N) is 2. The predicted octanol–water partition coefficient (Wildman–Crippen LogP) is 6.63. The molecule has 4 atom stereocenters. The first kappa shape index (κ1) is 26.1. The standard InChI is InChI=1S/C27H26F4N2O2S/c1-5-17-6-8-21(28)19(11-17)24(36(35)18-7-9-23(33-13-18)27(29,30)31)20-14-32-22(10-15(20)2)25(34)26(4)12-16(26)3/h6-11,13-14,16,24H,5,12H2,1-4H3. The summed E-state index contributed by atoms with van der Waals surface area (Å²) >= 11 is 0. The van der Waals surface area contributed by atoms with Crippen LogP contribution in [0.1, 0.15) is 70.9 Å². The average molecular weight is 519 g/mol. The van der Waals surface area contributed by atoms with Crippen molar-refractivity contribution in [1.29, 1.82) is 0 Å². The molecule has 1 saturated carbocycles. The van der Waals surface area contributed by atoms with Crippen molar-refractivity contribution in [2.45, 2.75) is 56.9 Å². The first-order valence-electron chi connectivity index (χ1n) is 11.6. The zero-order valence-corrected chi connectivity index (χ0v) is 21.1. The summed E-state index contributed by atoms with van der Waals surface area (Å²) in [6.07, 6.45) is -0.924. The molecule has 1 aliphatic carbocycles. The first-order valence-corrected chi connectivity index (χ1v) is 12.8. The Morgan fingerprint density at radius 2 is 1.83 bits per heavy atom. The number of carbonyl (C=O) groups excluding carboxylic acids is 1. The Hall–Kier alpha value is -2.94. The maximum atomic E-state index is 15.1. The second-order valence-corrected chi connectivity index (χ2v) is 11.1. The van der Waals surface area contributed by atoms with Gasteiger partial charge in [-0.2, -0.15) is 13.2 Å². The van der Waals surface area contributed by atoms with Crippen molar-refractivity contribution < 1.29 is 26.6 Å². The molecule has 2 aromatic heterocycles. The molecule has 0 N–H and O–H groups in total. The molecule has 0 saturated heterocycles. The molecule has 1 fully saturated rings. The monoisotopic (exact) mass is 518 g/mol. The second kappa shape index (κ2) is 9.50. The molecule has 0 aliphatic heterocycles. The van der Waals surface area contributed by atoms with Crippen LogP contribution in [0.5, 0.6) is 0 Å². The Balaban J connectivity index is 1.81. The van der Waals surface area contributed by atoms with Gasteiger partial charge in [-0.05, 0) is 66.6 Å². The lowest BCUT2D eigenvalue weighted by atomic mass is 9.94. The normalized spacial score (nSPS) is 21.2. The summed E-state index contributed by atoms with van der Waals surface area (Å²) in [6.45, 7) is 7.52. The molecular formula is C27H26F4N2O2S. The summed E-state index contributed by atoms with van der Waals surface area (Å²) in [5, 5.41) is -1.07. The minimum atomic E-state index is -4.64. The fourth-order valence-electron chi connectivity index (χ4n) is 4.37. The van der Waals surface area contributed by atoms with Gasteiger partial charge in [0.1, 0.15) is 17.2 Å². The van der Waals surface area contributed by atoms with Crippen LogP contribution in [0.25, 0.3) is 0 Å². The molecule has 1 aliphatic rings. The minimum Gasteiger partial charge on any atom is -0.292 e. The number of pyridine rings is 2. The predicted molar refractivity (Wildman–Crippen MR) is 128 cm³/mol. The summed E-state index contributed by atoms with van der Waals surface area (Å²) in [7, 11) is -2.01. The van der Waals surface area contributed by atoms with Gasteiger partial charge in [-0.15, -0.1) is 0 Å². The van der Waals surface area contributed by atoms with E-state index in [0.717, 1.165) is 30.3 Å². The molecule has 4 nitrogen and oxygen atoms in total. The van der Waals surface area contributed by atoms with Crippen molar-refractivity contribution in [3.8, 4) is 0 Å². The molecule has 36 heavy (non-hydrogen) atoms. The topological polar surface area (TPSA) is 59.9 Å². The number of Topliss-reactive ketones (excluding diaryl/α,β-unsaturated/α-hetero) is 1. The maximum Gasteiger partial charge on any atom is 0.433 e. The third-order valence-corrected chi connectivity index (χ3v) is 8.71. The Bertz CT molecular complexity index is 1340. The second-order valence-electron chi connectivity index (χ2n) is 9.54. The van der Waals surface area contributed by atoms with Crippen LogP contribution in [-0.2, 0) is 23.4 Å². The van der Waals surface area contributed by atoms with Crippen LogP contribution < -0.4 is 0 Å². The highest BCUT2D eigenvalue weighted by Gasteiger charge is 2.53. The van der Waals surface area contributed by atoms with E-state index in [1.807, 2.05) is 20.8 Å². The Morgan fingerprint density at radius 1 is 1.14 bits per heavy atom. The van der Waals surface area contributed by atoms with Crippen LogP contribution >= 0.6 is 0 Å². The molecule has 190 valence electrons. The molecule has 9 heteroatoms. The van der Waals surface area contributed by atoms with E-state index in [0.29, 0.717) is 17.5 Å². The third-order valence-electron chi connectivity index (χ3n) is 7.07. The van der Waals surface area contributed by atoms with Crippen LogP contribution in [0.2, 0.25) is 0 Å². The van der Waals surface area contributed by atoms with Gasteiger partial charge in [0.25, 0.3) is 0 Å². The van der Waals surface area contributed by atoms with Crippen molar-refractivity contribution in [3.63, 3.8) is 0 Å². The van der Waals surface area contributed by atoms with E-state index in [-0.39, 0.29) is 27.9 Å². The smallest absolute Gasteiger partial charge is 0.292 e. The van der Waals surface area contributed by atoms with E-state index in [2.05, 4.69) is 9.97 Å². The van der Waals surface area contributed by atoms with Crippen LogP contribution in [0.4, 0.5) is 17.6 Å². The lowest BCUT2D eigenvalue weighted by Gasteiger charge is -2.21. The van der Waals surface area contributed by atoms with Gasteiger partial charge in [0, 0.05) is 23.4 Å². The molecule has 0 radical (unpaired) electrons. The summed E-state index contributed by atoms with van der Waals surface area (Å²) < 4.78 is 67.9. The van der Waals surface area contributed by atoms with E-state index >= 15 is 4.39 Å². The number of ketones is 1. The maximum absolute atomic E-state index is 15.1. The minimum absolute atomic E-state index is 0.0215. The van der Waals surface area contributed by atoms with Crippen LogP contribution in [0.3, 0.4) is 0 Å². The quantitative estimate of drug-likeness (QED) is 0.260. The van der Waals surface area contributed by atoms with E-state index in [1.54, 1.807) is 25.1 Å². The number of hydrogen-bond donors (Lipinski definition) is 0. The van der Waals surface area contributed by atoms with E-state index < -0.39 is 39.2 Å². The number of halogens is 4. The number of rotatable bonds is 7. The number of aromatic nitrogens is 2. The lowest BCUT2D eigenvalue weighted by molar-refractivity contribution is -0.141. The molecule has 0 bridgehead atoms. The van der Waals surface area contributed by atoms with Gasteiger partial charge in [0.05, 0.1) is 20.9 Å². The third kappa shape index (κ3) is 4.85. The number of aryl methyl sites for hydroxylation is 2. The lowest BCUT2D eigenvalue weighted by Crippen LogP contribution is -2.18. The van der Waals surface area contributed by atoms with Gasteiger partial charge in [0.15, 0.2) is 5.78 Å². The highest BCUT2D eigenvalue weighted by atomic mass is 32.2. The number of alkyl halides is 3. The molecule has 4 rings (SSSR count). The van der Waals surface area contributed by atoms with Crippen LogP contribution in [0.15, 0.2) is 53.7 Å². The SMILES string of the molecule is CCc1ccc(F)c(C(c2cnc(C(=O)C3(C)CC3C)cc2C)S(=O)c2ccc(C(F)(F)F)nc2)c1. The fraction of sp³-hybridized carbons (Fsp3) is 0.370. The van der Waals surface area contributed by atoms with Crippen molar-refractivity contribution in [3.05, 3.63) is 88.3 Å².